The van der Waals surface area contributed by atoms with Crippen LogP contribution in [0.15, 0.2) is 21.2 Å². The van der Waals surface area contributed by atoms with Gasteiger partial charge in [-0.05, 0) is 24.3 Å². The van der Waals surface area contributed by atoms with Crippen molar-refractivity contribution in [2.75, 3.05) is 13.1 Å². The van der Waals surface area contributed by atoms with E-state index in [1.807, 2.05) is 28.7 Å². The third-order valence-electron chi connectivity index (χ3n) is 3.63. The standard InChI is InChI=1S/C14H17N3O2S/c1-2-12(18)17-6-3-4-10(8-17)13-15-16-14(19-13)11-5-7-20-9-11/h5,7,9-10H,2-4,6,8H2,1H3/t10-/m0/s1. The van der Waals surface area contributed by atoms with Gasteiger partial charge < -0.3 is 9.32 Å². The van der Waals surface area contributed by atoms with E-state index < -0.39 is 0 Å². The fourth-order valence-corrected chi connectivity index (χ4v) is 3.16. The van der Waals surface area contributed by atoms with Crippen molar-refractivity contribution < 1.29 is 9.21 Å². The second-order valence-corrected chi connectivity index (χ2v) is 5.77. The van der Waals surface area contributed by atoms with Gasteiger partial charge in [0.05, 0.1) is 5.92 Å². The predicted molar refractivity (Wildman–Crippen MR) is 76.5 cm³/mol. The maximum atomic E-state index is 11.8. The number of aromatic nitrogens is 2. The van der Waals surface area contributed by atoms with Crippen LogP contribution in [0.5, 0.6) is 0 Å². The molecule has 1 amide bonds. The van der Waals surface area contributed by atoms with Crippen LogP contribution < -0.4 is 0 Å². The first-order valence-corrected chi connectivity index (χ1v) is 7.86. The molecule has 3 heterocycles. The Balaban J connectivity index is 1.74. The molecule has 0 aromatic carbocycles. The molecule has 0 spiro atoms. The topological polar surface area (TPSA) is 59.2 Å². The number of thiophene rings is 1. The van der Waals surface area contributed by atoms with Gasteiger partial charge in [0.2, 0.25) is 17.7 Å². The number of rotatable bonds is 3. The van der Waals surface area contributed by atoms with E-state index in [4.69, 9.17) is 4.42 Å². The van der Waals surface area contributed by atoms with Crippen molar-refractivity contribution in [1.29, 1.82) is 0 Å². The molecule has 1 aliphatic rings. The number of likely N-dealkylation sites (tertiary alicyclic amines) is 1. The van der Waals surface area contributed by atoms with E-state index in [1.165, 1.54) is 0 Å². The largest absolute Gasteiger partial charge is 0.420 e. The SMILES string of the molecule is CCC(=O)N1CCC[C@H](c2nnc(-c3ccsc3)o2)C1. The monoisotopic (exact) mass is 291 g/mol. The molecule has 6 heteroatoms. The summed E-state index contributed by atoms with van der Waals surface area (Å²) in [4.78, 5) is 13.7. The lowest BCUT2D eigenvalue weighted by Gasteiger charge is -2.30. The van der Waals surface area contributed by atoms with Gasteiger partial charge >= 0.3 is 0 Å². The molecule has 2 aromatic rings. The van der Waals surface area contributed by atoms with Gasteiger partial charge in [-0.2, -0.15) is 11.3 Å². The van der Waals surface area contributed by atoms with E-state index in [0.717, 1.165) is 24.9 Å². The Kier molecular flexibility index (Phi) is 3.82. The van der Waals surface area contributed by atoms with Gasteiger partial charge in [-0.25, -0.2) is 0 Å². The first-order chi connectivity index (χ1) is 9.78. The highest BCUT2D eigenvalue weighted by Gasteiger charge is 2.27. The molecular weight excluding hydrogens is 274 g/mol. The van der Waals surface area contributed by atoms with Crippen LogP contribution in [0.2, 0.25) is 0 Å². The number of hydrogen-bond donors (Lipinski definition) is 0. The summed E-state index contributed by atoms with van der Waals surface area (Å²) in [5.74, 6) is 1.59. The maximum absolute atomic E-state index is 11.8. The summed E-state index contributed by atoms with van der Waals surface area (Å²) in [5, 5.41) is 12.3. The number of hydrogen-bond acceptors (Lipinski definition) is 5. The zero-order chi connectivity index (χ0) is 13.9. The average Bonchev–Trinajstić information content (AvgIpc) is 3.17. The van der Waals surface area contributed by atoms with Crippen LogP contribution in [-0.2, 0) is 4.79 Å². The lowest BCUT2D eigenvalue weighted by atomic mass is 9.98. The Morgan fingerprint density at radius 2 is 2.45 bits per heavy atom. The van der Waals surface area contributed by atoms with E-state index in [1.54, 1.807) is 11.3 Å². The van der Waals surface area contributed by atoms with Crippen LogP contribution in [0.3, 0.4) is 0 Å². The van der Waals surface area contributed by atoms with Gasteiger partial charge in [0.25, 0.3) is 0 Å². The third-order valence-corrected chi connectivity index (χ3v) is 4.32. The maximum Gasteiger partial charge on any atom is 0.248 e. The van der Waals surface area contributed by atoms with Gasteiger partial charge in [-0.3, -0.25) is 4.79 Å². The summed E-state index contributed by atoms with van der Waals surface area (Å²) in [6.07, 6.45) is 2.54. The summed E-state index contributed by atoms with van der Waals surface area (Å²) < 4.78 is 5.78. The second-order valence-electron chi connectivity index (χ2n) is 4.99. The molecule has 0 radical (unpaired) electrons. The molecule has 0 unspecified atom stereocenters. The Morgan fingerprint density at radius 3 is 3.20 bits per heavy atom. The van der Waals surface area contributed by atoms with Crippen molar-refractivity contribution in [3.8, 4) is 11.5 Å². The number of amides is 1. The van der Waals surface area contributed by atoms with E-state index >= 15 is 0 Å². The van der Waals surface area contributed by atoms with Crippen molar-refractivity contribution in [2.45, 2.75) is 32.1 Å². The van der Waals surface area contributed by atoms with Gasteiger partial charge in [-0.1, -0.05) is 6.92 Å². The molecule has 0 saturated carbocycles. The lowest BCUT2D eigenvalue weighted by molar-refractivity contribution is -0.132. The van der Waals surface area contributed by atoms with E-state index in [9.17, 15) is 4.79 Å². The summed E-state index contributed by atoms with van der Waals surface area (Å²) >= 11 is 1.61. The highest BCUT2D eigenvalue weighted by Crippen LogP contribution is 2.29. The predicted octanol–water partition coefficient (Wildman–Crippen LogP) is 2.91. The molecule has 1 saturated heterocycles. The Labute approximate surface area is 121 Å². The fourth-order valence-electron chi connectivity index (χ4n) is 2.53. The van der Waals surface area contributed by atoms with Crippen molar-refractivity contribution in [1.82, 2.24) is 15.1 Å². The van der Waals surface area contributed by atoms with Crippen LogP contribution in [0.4, 0.5) is 0 Å². The van der Waals surface area contributed by atoms with Crippen LogP contribution in [-0.4, -0.2) is 34.1 Å². The minimum atomic E-state index is 0.166. The first-order valence-electron chi connectivity index (χ1n) is 6.91. The zero-order valence-corrected chi connectivity index (χ0v) is 12.2. The molecule has 1 atom stereocenters. The summed E-state index contributed by atoms with van der Waals surface area (Å²) in [6, 6.07) is 1.97. The van der Waals surface area contributed by atoms with Crippen molar-refractivity contribution >= 4 is 17.2 Å². The molecule has 1 aliphatic heterocycles. The van der Waals surface area contributed by atoms with Gasteiger partial charge in [-0.15, -0.1) is 10.2 Å². The number of piperidine rings is 1. The first kappa shape index (κ1) is 13.3. The van der Waals surface area contributed by atoms with E-state index in [0.29, 0.717) is 24.7 Å². The van der Waals surface area contributed by atoms with Crippen molar-refractivity contribution in [3.63, 3.8) is 0 Å². The number of carbonyl (C=O) groups is 1. The molecule has 5 nitrogen and oxygen atoms in total. The summed E-state index contributed by atoms with van der Waals surface area (Å²) in [6.45, 7) is 3.43. The van der Waals surface area contributed by atoms with Crippen LogP contribution >= 0.6 is 11.3 Å². The number of carbonyl (C=O) groups excluding carboxylic acids is 1. The van der Waals surface area contributed by atoms with E-state index in [2.05, 4.69) is 10.2 Å². The number of nitrogens with zero attached hydrogens (tertiary/aromatic N) is 3. The molecule has 20 heavy (non-hydrogen) atoms. The van der Waals surface area contributed by atoms with Crippen LogP contribution in [0.25, 0.3) is 11.5 Å². The highest BCUT2D eigenvalue weighted by atomic mass is 32.1. The molecular formula is C14H17N3O2S. The molecule has 0 bridgehead atoms. The molecule has 2 aromatic heterocycles. The van der Waals surface area contributed by atoms with Gasteiger partial charge in [0.1, 0.15) is 0 Å². The van der Waals surface area contributed by atoms with E-state index in [-0.39, 0.29) is 11.8 Å². The normalized spacial score (nSPS) is 19.2. The third kappa shape index (κ3) is 2.60. The van der Waals surface area contributed by atoms with Gasteiger partial charge in [0.15, 0.2) is 0 Å². The Bertz CT molecular complexity index is 579. The molecule has 106 valence electrons. The minimum Gasteiger partial charge on any atom is -0.420 e. The van der Waals surface area contributed by atoms with Crippen LogP contribution in [0.1, 0.15) is 38.0 Å². The molecule has 1 fully saturated rings. The lowest BCUT2D eigenvalue weighted by Crippen LogP contribution is -2.38. The molecule has 3 rings (SSSR count). The Hall–Kier alpha value is -1.69. The second kappa shape index (κ2) is 5.75. The minimum absolute atomic E-state index is 0.166. The Morgan fingerprint density at radius 1 is 1.55 bits per heavy atom. The van der Waals surface area contributed by atoms with Crippen molar-refractivity contribution in [3.05, 3.63) is 22.7 Å². The van der Waals surface area contributed by atoms with Gasteiger partial charge in [0, 0.05) is 30.5 Å². The molecule has 0 aliphatic carbocycles. The molecule has 0 N–H and O–H groups in total. The highest BCUT2D eigenvalue weighted by molar-refractivity contribution is 7.08. The smallest absolute Gasteiger partial charge is 0.248 e. The quantitative estimate of drug-likeness (QED) is 0.872. The zero-order valence-electron chi connectivity index (χ0n) is 11.4. The summed E-state index contributed by atoms with van der Waals surface area (Å²) in [7, 11) is 0. The average molecular weight is 291 g/mol. The van der Waals surface area contributed by atoms with Crippen molar-refractivity contribution in [2.24, 2.45) is 0 Å². The summed E-state index contributed by atoms with van der Waals surface area (Å²) in [5.41, 5.74) is 0.964. The fraction of sp³-hybridized carbons (Fsp3) is 0.500. The van der Waals surface area contributed by atoms with Crippen LogP contribution in [0, 0.1) is 0 Å².